The fraction of sp³-hybridized carbons (Fsp3) is 0.133. The normalized spacial score (nSPS) is 10.2. The summed E-state index contributed by atoms with van der Waals surface area (Å²) in [6, 6.07) is 11.5. The zero-order chi connectivity index (χ0) is 14.5. The maximum Gasteiger partial charge on any atom is 0.173 e. The summed E-state index contributed by atoms with van der Waals surface area (Å²) in [6.45, 7) is 0. The van der Waals surface area contributed by atoms with Crippen LogP contribution in [-0.4, -0.2) is 28.9 Å². The van der Waals surface area contributed by atoms with Crippen LogP contribution in [0.5, 0.6) is 17.2 Å². The van der Waals surface area contributed by atoms with Crippen LogP contribution in [0.1, 0.15) is 10.4 Å². The van der Waals surface area contributed by atoms with Crippen molar-refractivity contribution in [2.24, 2.45) is 0 Å². The lowest BCUT2D eigenvalue weighted by Crippen LogP contribution is -2.02. The summed E-state index contributed by atoms with van der Waals surface area (Å²) >= 11 is 1.37. The van der Waals surface area contributed by atoms with E-state index in [4.69, 9.17) is 4.74 Å². The van der Waals surface area contributed by atoms with Crippen molar-refractivity contribution in [3.63, 3.8) is 0 Å². The lowest BCUT2D eigenvalue weighted by molar-refractivity contribution is 0.102. The summed E-state index contributed by atoms with van der Waals surface area (Å²) in [5.74, 6) is 0.289. The van der Waals surface area contributed by atoms with Crippen molar-refractivity contribution in [3.8, 4) is 17.2 Å². The first kappa shape index (κ1) is 14.3. The molecule has 5 heteroatoms. The van der Waals surface area contributed by atoms with Gasteiger partial charge in [0.15, 0.2) is 17.3 Å². The van der Waals surface area contributed by atoms with Gasteiger partial charge in [-0.15, -0.1) is 11.8 Å². The number of ketones is 1. The number of hydrogen-bond acceptors (Lipinski definition) is 5. The molecule has 2 aromatic carbocycles. The van der Waals surface area contributed by atoms with Crippen LogP contribution in [0.2, 0.25) is 0 Å². The molecule has 20 heavy (non-hydrogen) atoms. The van der Waals surface area contributed by atoms with Crippen molar-refractivity contribution in [2.75, 3.05) is 12.9 Å². The fourth-order valence-corrected chi connectivity index (χ4v) is 2.58. The number of aromatic hydroxyl groups is 2. The predicted octanol–water partition coefficient (Wildman–Crippen LogP) is 3.08. The molecule has 0 aliphatic rings. The van der Waals surface area contributed by atoms with Gasteiger partial charge in [-0.3, -0.25) is 4.79 Å². The van der Waals surface area contributed by atoms with Crippen LogP contribution < -0.4 is 4.74 Å². The average molecular weight is 290 g/mol. The highest BCUT2D eigenvalue weighted by atomic mass is 32.2. The number of hydrogen-bond donors (Lipinski definition) is 2. The molecular formula is C15H14O4S. The van der Waals surface area contributed by atoms with Gasteiger partial charge in [-0.1, -0.05) is 12.1 Å². The van der Waals surface area contributed by atoms with Crippen LogP contribution in [0.3, 0.4) is 0 Å². The molecule has 2 aromatic rings. The van der Waals surface area contributed by atoms with E-state index in [1.54, 1.807) is 7.11 Å². The molecule has 2 N–H and O–H groups in total. The Labute approximate surface area is 121 Å². The maximum absolute atomic E-state index is 12.0. The van der Waals surface area contributed by atoms with E-state index in [0.29, 0.717) is 5.56 Å². The molecule has 0 aromatic heterocycles. The summed E-state index contributed by atoms with van der Waals surface area (Å²) < 4.78 is 5.21. The van der Waals surface area contributed by atoms with E-state index in [0.717, 1.165) is 10.6 Å². The van der Waals surface area contributed by atoms with Crippen molar-refractivity contribution in [1.82, 2.24) is 0 Å². The van der Waals surface area contributed by atoms with E-state index in [1.807, 2.05) is 24.3 Å². The monoisotopic (exact) mass is 290 g/mol. The summed E-state index contributed by atoms with van der Waals surface area (Å²) in [5.41, 5.74) is 0.364. The van der Waals surface area contributed by atoms with Crippen molar-refractivity contribution >= 4 is 17.5 Å². The van der Waals surface area contributed by atoms with E-state index in [9.17, 15) is 15.0 Å². The minimum atomic E-state index is -0.293. The summed E-state index contributed by atoms with van der Waals surface area (Å²) in [6.07, 6.45) is 0. The zero-order valence-electron chi connectivity index (χ0n) is 10.9. The average Bonchev–Trinajstić information content (AvgIpc) is 2.47. The number of Topliss-reactive ketones (excluding diaryl/α,β-unsaturated/α-hetero) is 1. The van der Waals surface area contributed by atoms with Crippen LogP contribution >= 0.6 is 11.8 Å². The third kappa shape index (κ3) is 3.24. The molecule has 0 heterocycles. The maximum atomic E-state index is 12.0. The molecule has 0 unspecified atom stereocenters. The molecular weight excluding hydrogens is 276 g/mol. The Balaban J connectivity index is 2.06. The predicted molar refractivity (Wildman–Crippen MR) is 77.8 cm³/mol. The number of carbonyl (C=O) groups excluding carboxylic acids is 1. The van der Waals surface area contributed by atoms with E-state index in [2.05, 4.69) is 0 Å². The molecule has 104 valence electrons. The van der Waals surface area contributed by atoms with Crippen LogP contribution in [-0.2, 0) is 0 Å². The molecule has 0 atom stereocenters. The highest BCUT2D eigenvalue weighted by molar-refractivity contribution is 8.00. The number of benzene rings is 2. The van der Waals surface area contributed by atoms with Gasteiger partial charge < -0.3 is 14.9 Å². The van der Waals surface area contributed by atoms with Gasteiger partial charge >= 0.3 is 0 Å². The molecule has 0 fully saturated rings. The minimum Gasteiger partial charge on any atom is -0.504 e. The second-order valence-electron chi connectivity index (χ2n) is 4.07. The smallest absolute Gasteiger partial charge is 0.173 e. The Kier molecular flexibility index (Phi) is 4.53. The molecule has 0 bridgehead atoms. The number of methoxy groups -OCH3 is 1. The topological polar surface area (TPSA) is 66.8 Å². The number of thioether (sulfide) groups is 1. The number of carbonyl (C=O) groups is 1. The third-order valence-corrected chi connectivity index (χ3v) is 3.78. The Morgan fingerprint density at radius 2 is 1.90 bits per heavy atom. The molecule has 2 rings (SSSR count). The van der Waals surface area contributed by atoms with Gasteiger partial charge in [-0.05, 0) is 30.3 Å². The fourth-order valence-electron chi connectivity index (χ4n) is 1.66. The van der Waals surface area contributed by atoms with Gasteiger partial charge in [0, 0.05) is 10.5 Å². The molecule has 4 nitrogen and oxygen atoms in total. The summed E-state index contributed by atoms with van der Waals surface area (Å²) in [5, 5.41) is 18.6. The van der Waals surface area contributed by atoms with Gasteiger partial charge in [0.2, 0.25) is 0 Å². The Morgan fingerprint density at radius 3 is 2.60 bits per heavy atom. The van der Waals surface area contributed by atoms with E-state index >= 15 is 0 Å². The van der Waals surface area contributed by atoms with Gasteiger partial charge in [0.25, 0.3) is 0 Å². The number of rotatable bonds is 5. The Hall–Kier alpha value is -2.14. The standard InChI is InChI=1S/C15H14O4S/c1-19-14-4-2-3-5-15(14)20-9-13(18)10-6-7-11(16)12(17)8-10/h2-8,16-17H,9H2,1H3. The zero-order valence-corrected chi connectivity index (χ0v) is 11.7. The van der Waals surface area contributed by atoms with Crippen LogP contribution in [0.25, 0.3) is 0 Å². The molecule has 0 saturated carbocycles. The second-order valence-corrected chi connectivity index (χ2v) is 5.08. The second kappa shape index (κ2) is 6.34. The molecule has 0 amide bonds. The van der Waals surface area contributed by atoms with E-state index < -0.39 is 0 Å². The Morgan fingerprint density at radius 1 is 1.15 bits per heavy atom. The number of phenols is 2. The number of ether oxygens (including phenoxy) is 1. The van der Waals surface area contributed by atoms with E-state index in [1.165, 1.54) is 30.0 Å². The molecule has 0 aliphatic carbocycles. The van der Waals surface area contributed by atoms with Gasteiger partial charge in [-0.25, -0.2) is 0 Å². The molecule has 0 radical (unpaired) electrons. The highest BCUT2D eigenvalue weighted by Crippen LogP contribution is 2.30. The number of para-hydroxylation sites is 1. The van der Waals surface area contributed by atoms with E-state index in [-0.39, 0.29) is 23.0 Å². The van der Waals surface area contributed by atoms with Gasteiger partial charge in [0.05, 0.1) is 12.9 Å². The molecule has 0 saturated heterocycles. The summed E-state index contributed by atoms with van der Waals surface area (Å²) in [4.78, 5) is 12.9. The van der Waals surface area contributed by atoms with Crippen molar-refractivity contribution in [1.29, 1.82) is 0 Å². The van der Waals surface area contributed by atoms with Gasteiger partial charge in [-0.2, -0.15) is 0 Å². The molecule has 0 aliphatic heterocycles. The third-order valence-electron chi connectivity index (χ3n) is 2.73. The van der Waals surface area contributed by atoms with Crippen LogP contribution in [0.4, 0.5) is 0 Å². The van der Waals surface area contributed by atoms with Crippen molar-refractivity contribution < 1.29 is 19.7 Å². The van der Waals surface area contributed by atoms with Crippen molar-refractivity contribution in [2.45, 2.75) is 4.90 Å². The first-order valence-electron chi connectivity index (χ1n) is 5.93. The summed E-state index contributed by atoms with van der Waals surface area (Å²) in [7, 11) is 1.58. The number of phenolic OH excluding ortho intramolecular Hbond substituents is 2. The minimum absolute atomic E-state index is 0.129. The Bertz CT molecular complexity index is 625. The lowest BCUT2D eigenvalue weighted by atomic mass is 10.1. The SMILES string of the molecule is COc1ccccc1SCC(=O)c1ccc(O)c(O)c1. The first-order chi connectivity index (χ1) is 9.61. The van der Waals surface area contributed by atoms with Gasteiger partial charge in [0.1, 0.15) is 5.75 Å². The van der Waals surface area contributed by atoms with Crippen LogP contribution in [0.15, 0.2) is 47.4 Å². The largest absolute Gasteiger partial charge is 0.504 e. The first-order valence-corrected chi connectivity index (χ1v) is 6.91. The molecule has 0 spiro atoms. The van der Waals surface area contributed by atoms with Crippen molar-refractivity contribution in [3.05, 3.63) is 48.0 Å². The lowest BCUT2D eigenvalue weighted by Gasteiger charge is -2.07. The quantitative estimate of drug-likeness (QED) is 0.503. The van der Waals surface area contributed by atoms with Crippen LogP contribution in [0, 0.1) is 0 Å². The highest BCUT2D eigenvalue weighted by Gasteiger charge is 2.11.